The van der Waals surface area contributed by atoms with Gasteiger partial charge in [0.25, 0.3) is 0 Å². The summed E-state index contributed by atoms with van der Waals surface area (Å²) in [5, 5.41) is 3.04. The molecule has 3 N–H and O–H groups in total. The largest absolute Gasteiger partial charge is 0.370 e. The number of anilines is 1. The minimum Gasteiger partial charge on any atom is -0.370 e. The van der Waals surface area contributed by atoms with Crippen LogP contribution in [0.4, 0.5) is 5.69 Å². The molecule has 1 aromatic heterocycles. The highest BCUT2D eigenvalue weighted by Gasteiger charge is 1.97. The highest BCUT2D eigenvalue weighted by Crippen LogP contribution is 2.07. The number of guanidine groups is 1. The zero-order chi connectivity index (χ0) is 12.8. The van der Waals surface area contributed by atoms with Crippen molar-refractivity contribution in [1.82, 2.24) is 4.98 Å². The van der Waals surface area contributed by atoms with E-state index in [0.29, 0.717) is 12.5 Å². The van der Waals surface area contributed by atoms with E-state index in [2.05, 4.69) is 15.3 Å². The lowest BCUT2D eigenvalue weighted by molar-refractivity contribution is 1.02. The first-order chi connectivity index (χ1) is 8.75. The van der Waals surface area contributed by atoms with Gasteiger partial charge in [-0.05, 0) is 36.2 Å². The number of rotatable bonds is 3. The van der Waals surface area contributed by atoms with Crippen LogP contribution >= 0.6 is 0 Å². The topological polar surface area (TPSA) is 63.3 Å². The van der Waals surface area contributed by atoms with E-state index in [4.69, 9.17) is 5.73 Å². The van der Waals surface area contributed by atoms with Crippen LogP contribution in [0.5, 0.6) is 0 Å². The van der Waals surface area contributed by atoms with E-state index in [-0.39, 0.29) is 0 Å². The van der Waals surface area contributed by atoms with Crippen molar-refractivity contribution >= 4 is 11.6 Å². The average molecular weight is 240 g/mol. The standard InChI is InChI=1S/C14H16N4/c1-11-9-16-8-7-12(11)10-17-14(15)18-13-5-3-2-4-6-13/h2-9H,10H2,1H3,(H3,15,17,18). The van der Waals surface area contributed by atoms with Crippen molar-refractivity contribution in [2.24, 2.45) is 10.7 Å². The molecule has 4 heteroatoms. The molecule has 1 heterocycles. The van der Waals surface area contributed by atoms with Crippen molar-refractivity contribution in [2.75, 3.05) is 5.32 Å². The number of pyridine rings is 1. The molecule has 0 aliphatic heterocycles. The molecule has 0 aliphatic rings. The quantitative estimate of drug-likeness (QED) is 0.639. The predicted octanol–water partition coefficient (Wildman–Crippen LogP) is 2.32. The first-order valence-electron chi connectivity index (χ1n) is 5.77. The summed E-state index contributed by atoms with van der Waals surface area (Å²) in [5.74, 6) is 0.414. The van der Waals surface area contributed by atoms with Gasteiger partial charge in [-0.1, -0.05) is 18.2 Å². The van der Waals surface area contributed by atoms with Gasteiger partial charge in [-0.15, -0.1) is 0 Å². The fourth-order valence-electron chi connectivity index (χ4n) is 1.56. The third kappa shape index (κ3) is 3.31. The number of nitrogens with two attached hydrogens (primary N) is 1. The van der Waals surface area contributed by atoms with Crippen LogP contribution in [0.2, 0.25) is 0 Å². The molecule has 0 bridgehead atoms. The Hall–Kier alpha value is -2.36. The summed E-state index contributed by atoms with van der Waals surface area (Å²) in [4.78, 5) is 8.35. The predicted molar refractivity (Wildman–Crippen MR) is 74.4 cm³/mol. The molecule has 2 rings (SSSR count). The fourth-order valence-corrected chi connectivity index (χ4v) is 1.56. The Kier molecular flexibility index (Phi) is 3.91. The Labute approximate surface area is 107 Å². The maximum Gasteiger partial charge on any atom is 0.193 e. The second-order valence-corrected chi connectivity index (χ2v) is 3.99. The van der Waals surface area contributed by atoms with Gasteiger partial charge >= 0.3 is 0 Å². The van der Waals surface area contributed by atoms with E-state index in [9.17, 15) is 0 Å². The van der Waals surface area contributed by atoms with Crippen molar-refractivity contribution in [3.05, 3.63) is 59.9 Å². The summed E-state index contributed by atoms with van der Waals surface area (Å²) in [6.07, 6.45) is 3.59. The van der Waals surface area contributed by atoms with Gasteiger partial charge in [0, 0.05) is 18.1 Å². The Morgan fingerprint density at radius 2 is 2.06 bits per heavy atom. The number of hydrogen-bond acceptors (Lipinski definition) is 2. The van der Waals surface area contributed by atoms with Gasteiger partial charge in [0.2, 0.25) is 0 Å². The van der Waals surface area contributed by atoms with E-state index in [1.165, 1.54) is 0 Å². The second-order valence-electron chi connectivity index (χ2n) is 3.99. The van der Waals surface area contributed by atoms with Crippen molar-refractivity contribution < 1.29 is 0 Å². The Morgan fingerprint density at radius 1 is 1.28 bits per heavy atom. The maximum atomic E-state index is 5.83. The van der Waals surface area contributed by atoms with Gasteiger partial charge in [0.15, 0.2) is 5.96 Å². The molecule has 1 aromatic carbocycles. The molecule has 92 valence electrons. The highest BCUT2D eigenvalue weighted by molar-refractivity contribution is 5.92. The number of para-hydroxylation sites is 1. The Balaban J connectivity index is 2.00. The number of nitrogens with one attached hydrogen (secondary N) is 1. The summed E-state index contributed by atoms with van der Waals surface area (Å²) in [5.41, 5.74) is 9.01. The van der Waals surface area contributed by atoms with E-state index < -0.39 is 0 Å². The lowest BCUT2D eigenvalue weighted by atomic mass is 10.2. The molecule has 0 unspecified atom stereocenters. The lowest BCUT2D eigenvalue weighted by Gasteiger charge is -2.06. The minimum absolute atomic E-state index is 0.414. The minimum atomic E-state index is 0.414. The van der Waals surface area contributed by atoms with Gasteiger partial charge in [0.05, 0.1) is 6.54 Å². The molecule has 0 aliphatic carbocycles. The first kappa shape index (κ1) is 12.1. The molecular formula is C14H16N4. The Morgan fingerprint density at radius 3 is 2.78 bits per heavy atom. The molecule has 0 radical (unpaired) electrons. The van der Waals surface area contributed by atoms with Gasteiger partial charge in [-0.3, -0.25) is 4.98 Å². The lowest BCUT2D eigenvalue weighted by Crippen LogP contribution is -2.22. The van der Waals surface area contributed by atoms with E-state index in [1.807, 2.05) is 49.5 Å². The fraction of sp³-hybridized carbons (Fsp3) is 0.143. The smallest absolute Gasteiger partial charge is 0.193 e. The van der Waals surface area contributed by atoms with Crippen molar-refractivity contribution in [3.63, 3.8) is 0 Å². The molecule has 0 saturated carbocycles. The van der Waals surface area contributed by atoms with Gasteiger partial charge in [0.1, 0.15) is 0 Å². The van der Waals surface area contributed by atoms with Crippen LogP contribution < -0.4 is 11.1 Å². The molecule has 0 amide bonds. The van der Waals surface area contributed by atoms with Crippen LogP contribution in [0.3, 0.4) is 0 Å². The SMILES string of the molecule is Cc1cnccc1CN=C(N)Nc1ccccc1. The number of aryl methyl sites for hydroxylation is 1. The number of nitrogens with zero attached hydrogens (tertiary/aromatic N) is 2. The maximum absolute atomic E-state index is 5.83. The number of benzene rings is 1. The van der Waals surface area contributed by atoms with E-state index in [0.717, 1.165) is 16.8 Å². The summed E-state index contributed by atoms with van der Waals surface area (Å²) >= 11 is 0. The summed E-state index contributed by atoms with van der Waals surface area (Å²) in [7, 11) is 0. The van der Waals surface area contributed by atoms with Gasteiger partial charge in [-0.2, -0.15) is 0 Å². The summed E-state index contributed by atoms with van der Waals surface area (Å²) in [6.45, 7) is 2.57. The molecule has 0 spiro atoms. The third-order valence-corrected chi connectivity index (χ3v) is 2.60. The first-order valence-corrected chi connectivity index (χ1v) is 5.77. The summed E-state index contributed by atoms with van der Waals surface area (Å²) < 4.78 is 0. The average Bonchev–Trinajstić information content (AvgIpc) is 2.39. The molecule has 18 heavy (non-hydrogen) atoms. The van der Waals surface area contributed by atoms with Crippen LogP contribution in [-0.4, -0.2) is 10.9 Å². The van der Waals surface area contributed by atoms with Crippen LogP contribution in [0.1, 0.15) is 11.1 Å². The van der Waals surface area contributed by atoms with E-state index in [1.54, 1.807) is 6.20 Å². The third-order valence-electron chi connectivity index (χ3n) is 2.60. The zero-order valence-corrected chi connectivity index (χ0v) is 10.3. The van der Waals surface area contributed by atoms with Crippen molar-refractivity contribution in [3.8, 4) is 0 Å². The van der Waals surface area contributed by atoms with Gasteiger partial charge < -0.3 is 11.1 Å². The number of aliphatic imine (C=N–C) groups is 1. The van der Waals surface area contributed by atoms with Crippen LogP contribution in [-0.2, 0) is 6.54 Å². The molecule has 4 nitrogen and oxygen atoms in total. The van der Waals surface area contributed by atoms with Crippen LogP contribution in [0.25, 0.3) is 0 Å². The van der Waals surface area contributed by atoms with Gasteiger partial charge in [-0.25, -0.2) is 4.99 Å². The monoisotopic (exact) mass is 240 g/mol. The molecular weight excluding hydrogens is 224 g/mol. The van der Waals surface area contributed by atoms with Crippen LogP contribution in [0, 0.1) is 6.92 Å². The molecule has 2 aromatic rings. The van der Waals surface area contributed by atoms with Crippen LogP contribution in [0.15, 0.2) is 53.8 Å². The molecule has 0 fully saturated rings. The normalized spacial score (nSPS) is 11.3. The number of aromatic nitrogens is 1. The van der Waals surface area contributed by atoms with E-state index >= 15 is 0 Å². The second kappa shape index (κ2) is 5.82. The highest BCUT2D eigenvalue weighted by atomic mass is 15.1. The van der Waals surface area contributed by atoms with Crippen molar-refractivity contribution in [1.29, 1.82) is 0 Å². The zero-order valence-electron chi connectivity index (χ0n) is 10.3. The molecule has 0 saturated heterocycles. The molecule has 0 atom stereocenters. The van der Waals surface area contributed by atoms with Crippen molar-refractivity contribution in [2.45, 2.75) is 13.5 Å². The summed E-state index contributed by atoms with van der Waals surface area (Å²) in [6, 6.07) is 11.7. The number of hydrogen-bond donors (Lipinski definition) is 2. The Bertz CT molecular complexity index is 535.